The molecule has 17 heavy (non-hydrogen) atoms. The number of hydrogen-bond donors (Lipinski definition) is 1. The normalized spacial score (nSPS) is 20.9. The Morgan fingerprint density at radius 2 is 1.94 bits per heavy atom. The lowest BCUT2D eigenvalue weighted by Gasteiger charge is -2.36. The van der Waals surface area contributed by atoms with Crippen LogP contribution in [0.3, 0.4) is 0 Å². The van der Waals surface area contributed by atoms with Gasteiger partial charge in [-0.15, -0.1) is 0 Å². The van der Waals surface area contributed by atoms with Crippen molar-refractivity contribution in [2.24, 2.45) is 0 Å². The van der Waals surface area contributed by atoms with Crippen molar-refractivity contribution in [3.05, 3.63) is 0 Å². The van der Waals surface area contributed by atoms with Crippen molar-refractivity contribution >= 4 is 5.97 Å². The molecular weight excluding hydrogens is 218 g/mol. The van der Waals surface area contributed by atoms with E-state index in [2.05, 4.69) is 5.32 Å². The van der Waals surface area contributed by atoms with Gasteiger partial charge in [-0.3, -0.25) is 5.32 Å². The Labute approximate surface area is 104 Å². The van der Waals surface area contributed by atoms with Gasteiger partial charge in [0.15, 0.2) is 0 Å². The summed E-state index contributed by atoms with van der Waals surface area (Å²) in [6.07, 6.45) is 6.76. The van der Waals surface area contributed by atoms with Crippen molar-refractivity contribution in [1.82, 2.24) is 5.32 Å². The van der Waals surface area contributed by atoms with Gasteiger partial charge in [-0.25, -0.2) is 4.79 Å². The van der Waals surface area contributed by atoms with Crippen molar-refractivity contribution in [3.8, 4) is 0 Å². The van der Waals surface area contributed by atoms with E-state index in [1.165, 1.54) is 26.4 Å². The van der Waals surface area contributed by atoms with E-state index in [0.29, 0.717) is 19.1 Å². The topological polar surface area (TPSA) is 47.6 Å². The van der Waals surface area contributed by atoms with Crippen molar-refractivity contribution in [1.29, 1.82) is 0 Å². The quantitative estimate of drug-likeness (QED) is 0.724. The zero-order valence-corrected chi connectivity index (χ0v) is 11.3. The van der Waals surface area contributed by atoms with Crippen molar-refractivity contribution < 1.29 is 14.3 Å². The number of carbonyl (C=O) groups excluding carboxylic acids is 1. The van der Waals surface area contributed by atoms with E-state index in [1.807, 2.05) is 6.92 Å². The van der Waals surface area contributed by atoms with E-state index in [0.717, 1.165) is 12.8 Å². The second-order valence-corrected chi connectivity index (χ2v) is 4.84. The summed E-state index contributed by atoms with van der Waals surface area (Å²) in [4.78, 5) is 12.0. The molecule has 0 spiro atoms. The number of methoxy groups -OCH3 is 2. The first-order valence-corrected chi connectivity index (χ1v) is 6.53. The molecule has 1 saturated carbocycles. The molecule has 100 valence electrons. The summed E-state index contributed by atoms with van der Waals surface area (Å²) in [7, 11) is 3.06. The zero-order valence-electron chi connectivity index (χ0n) is 11.3. The average Bonchev–Trinajstić information content (AvgIpc) is 2.38. The lowest BCUT2D eigenvalue weighted by atomic mass is 9.90. The van der Waals surface area contributed by atoms with Crippen molar-refractivity contribution in [3.63, 3.8) is 0 Å². The maximum absolute atomic E-state index is 12.0. The van der Waals surface area contributed by atoms with E-state index in [1.54, 1.807) is 7.11 Å². The van der Waals surface area contributed by atoms with E-state index >= 15 is 0 Å². The molecular formula is C13H25NO3. The Hall–Kier alpha value is -0.610. The van der Waals surface area contributed by atoms with Gasteiger partial charge in [-0.1, -0.05) is 26.2 Å². The summed E-state index contributed by atoms with van der Waals surface area (Å²) in [6, 6.07) is 0.415. The van der Waals surface area contributed by atoms with Gasteiger partial charge in [0.25, 0.3) is 0 Å². The standard InChI is InChI=1S/C13H25NO3/c1-4-13(10-16-2,12(15)17-3)14-11-8-6-5-7-9-11/h11,14H,4-10H2,1-3H3. The molecule has 1 N–H and O–H groups in total. The summed E-state index contributed by atoms with van der Waals surface area (Å²) in [5.74, 6) is -0.215. The molecule has 1 rings (SSSR count). The first-order valence-electron chi connectivity index (χ1n) is 6.53. The van der Waals surface area contributed by atoms with Gasteiger partial charge < -0.3 is 9.47 Å². The van der Waals surface area contributed by atoms with Gasteiger partial charge in [0.2, 0.25) is 0 Å². The number of rotatable bonds is 6. The first kappa shape index (κ1) is 14.5. The van der Waals surface area contributed by atoms with Crippen LogP contribution in [-0.4, -0.2) is 38.4 Å². The van der Waals surface area contributed by atoms with Crippen LogP contribution in [0.5, 0.6) is 0 Å². The third-order valence-corrected chi connectivity index (χ3v) is 3.66. The van der Waals surface area contributed by atoms with Crippen LogP contribution in [0.1, 0.15) is 45.4 Å². The third-order valence-electron chi connectivity index (χ3n) is 3.66. The summed E-state index contributed by atoms with van der Waals surface area (Å²) < 4.78 is 10.1. The SMILES string of the molecule is CCC(COC)(NC1CCCCC1)C(=O)OC. The molecule has 4 nitrogen and oxygen atoms in total. The van der Waals surface area contributed by atoms with Crippen LogP contribution in [0.4, 0.5) is 0 Å². The van der Waals surface area contributed by atoms with E-state index in [9.17, 15) is 4.79 Å². The van der Waals surface area contributed by atoms with Crippen molar-refractivity contribution in [2.45, 2.75) is 57.0 Å². The number of esters is 1. The summed E-state index contributed by atoms with van der Waals surface area (Å²) >= 11 is 0. The van der Waals surface area contributed by atoms with Crippen LogP contribution < -0.4 is 5.32 Å². The Morgan fingerprint density at radius 1 is 1.29 bits per heavy atom. The molecule has 1 fully saturated rings. The number of ether oxygens (including phenoxy) is 2. The molecule has 1 unspecified atom stereocenters. The van der Waals surface area contributed by atoms with E-state index < -0.39 is 5.54 Å². The second-order valence-electron chi connectivity index (χ2n) is 4.84. The molecule has 1 atom stereocenters. The molecule has 0 amide bonds. The lowest BCUT2D eigenvalue weighted by Crippen LogP contribution is -2.59. The van der Waals surface area contributed by atoms with E-state index in [-0.39, 0.29) is 5.97 Å². The number of carbonyl (C=O) groups is 1. The Bertz CT molecular complexity index is 239. The highest BCUT2D eigenvalue weighted by Crippen LogP contribution is 2.22. The van der Waals surface area contributed by atoms with Crippen LogP contribution in [0.15, 0.2) is 0 Å². The Balaban J connectivity index is 2.69. The molecule has 4 heteroatoms. The molecule has 0 aromatic heterocycles. The minimum absolute atomic E-state index is 0.215. The predicted octanol–water partition coefficient (Wildman–Crippen LogP) is 1.88. The molecule has 0 saturated heterocycles. The fraction of sp³-hybridized carbons (Fsp3) is 0.923. The van der Waals surface area contributed by atoms with Gasteiger partial charge in [-0.2, -0.15) is 0 Å². The van der Waals surface area contributed by atoms with Gasteiger partial charge in [0.1, 0.15) is 5.54 Å². The van der Waals surface area contributed by atoms with Crippen LogP contribution in [-0.2, 0) is 14.3 Å². The molecule has 1 aliphatic rings. The van der Waals surface area contributed by atoms with Crippen LogP contribution in [0.2, 0.25) is 0 Å². The molecule has 0 heterocycles. The molecule has 0 radical (unpaired) electrons. The fourth-order valence-electron chi connectivity index (χ4n) is 2.59. The molecule has 0 aromatic carbocycles. The summed E-state index contributed by atoms with van der Waals surface area (Å²) in [5, 5.41) is 3.47. The van der Waals surface area contributed by atoms with E-state index in [4.69, 9.17) is 9.47 Å². The van der Waals surface area contributed by atoms with Crippen molar-refractivity contribution in [2.75, 3.05) is 20.8 Å². The largest absolute Gasteiger partial charge is 0.468 e. The fourth-order valence-corrected chi connectivity index (χ4v) is 2.59. The van der Waals surface area contributed by atoms with Gasteiger partial charge >= 0.3 is 5.97 Å². The lowest BCUT2D eigenvalue weighted by molar-refractivity contribution is -0.152. The minimum Gasteiger partial charge on any atom is -0.468 e. The highest BCUT2D eigenvalue weighted by molar-refractivity contribution is 5.81. The average molecular weight is 243 g/mol. The maximum Gasteiger partial charge on any atom is 0.328 e. The number of nitrogens with one attached hydrogen (secondary N) is 1. The summed E-state index contributed by atoms with van der Waals surface area (Å²) in [5.41, 5.74) is -0.675. The minimum atomic E-state index is -0.675. The third kappa shape index (κ3) is 3.68. The van der Waals surface area contributed by atoms with Crippen LogP contribution >= 0.6 is 0 Å². The van der Waals surface area contributed by atoms with Crippen LogP contribution in [0, 0.1) is 0 Å². The van der Waals surface area contributed by atoms with Gasteiger partial charge in [0.05, 0.1) is 13.7 Å². The van der Waals surface area contributed by atoms with Gasteiger partial charge in [0, 0.05) is 13.2 Å². The highest BCUT2D eigenvalue weighted by Gasteiger charge is 2.39. The molecule has 0 aliphatic heterocycles. The Morgan fingerprint density at radius 3 is 2.41 bits per heavy atom. The van der Waals surface area contributed by atoms with Crippen LogP contribution in [0.25, 0.3) is 0 Å². The first-order chi connectivity index (χ1) is 8.18. The molecule has 0 aromatic rings. The second kappa shape index (κ2) is 6.97. The highest BCUT2D eigenvalue weighted by atomic mass is 16.5. The monoisotopic (exact) mass is 243 g/mol. The maximum atomic E-state index is 12.0. The Kier molecular flexibility index (Phi) is 5.92. The molecule has 1 aliphatic carbocycles. The van der Waals surface area contributed by atoms with Gasteiger partial charge in [-0.05, 0) is 19.3 Å². The summed E-state index contributed by atoms with van der Waals surface area (Å²) in [6.45, 7) is 2.36. The molecule has 0 bridgehead atoms. The number of hydrogen-bond acceptors (Lipinski definition) is 4. The zero-order chi connectivity index (χ0) is 12.7. The predicted molar refractivity (Wildman–Crippen MR) is 66.9 cm³/mol. The smallest absolute Gasteiger partial charge is 0.328 e.